The molecule has 4 heteroatoms. The van der Waals surface area contributed by atoms with E-state index in [0.717, 1.165) is 28.8 Å². The summed E-state index contributed by atoms with van der Waals surface area (Å²) in [5, 5.41) is 11.8. The highest BCUT2D eigenvalue weighted by Crippen LogP contribution is 2.20. The summed E-state index contributed by atoms with van der Waals surface area (Å²) in [5.74, 6) is 0.533. The predicted octanol–water partition coefficient (Wildman–Crippen LogP) is 1.96. The molecular formula is C14H15N3O. The van der Waals surface area contributed by atoms with Crippen molar-refractivity contribution >= 4 is 0 Å². The van der Waals surface area contributed by atoms with Crippen LogP contribution in [-0.2, 0) is 12.8 Å². The minimum Gasteiger partial charge on any atom is -0.618 e. The number of nitrogens with zero attached hydrogens (tertiary/aromatic N) is 3. The highest BCUT2D eigenvalue weighted by atomic mass is 16.5. The van der Waals surface area contributed by atoms with Crippen LogP contribution in [0.4, 0.5) is 0 Å². The molecule has 1 aliphatic carbocycles. The largest absolute Gasteiger partial charge is 0.618 e. The Bertz CT molecular complexity index is 596. The van der Waals surface area contributed by atoms with Crippen molar-refractivity contribution in [2.75, 3.05) is 0 Å². The topological polar surface area (TPSA) is 52.7 Å². The third-order valence-electron chi connectivity index (χ3n) is 3.36. The quantitative estimate of drug-likeness (QED) is 0.566. The second kappa shape index (κ2) is 4.37. The molecule has 0 aliphatic heterocycles. The molecule has 2 aromatic heterocycles. The number of fused-ring (bicyclic) bond motifs is 1. The monoisotopic (exact) mass is 241 g/mol. The molecule has 18 heavy (non-hydrogen) atoms. The van der Waals surface area contributed by atoms with E-state index in [-0.39, 0.29) is 0 Å². The van der Waals surface area contributed by atoms with Gasteiger partial charge in [-0.25, -0.2) is 9.97 Å². The second-order valence-electron chi connectivity index (χ2n) is 4.79. The first-order valence-corrected chi connectivity index (χ1v) is 6.29. The maximum absolute atomic E-state index is 11.8. The van der Waals surface area contributed by atoms with Crippen molar-refractivity contribution in [3.8, 4) is 11.5 Å². The number of hydrogen-bond acceptors (Lipinski definition) is 3. The zero-order chi connectivity index (χ0) is 12.5. The molecule has 0 bridgehead atoms. The van der Waals surface area contributed by atoms with Gasteiger partial charge in [0.2, 0.25) is 5.82 Å². The Hall–Kier alpha value is -1.97. The van der Waals surface area contributed by atoms with Crippen LogP contribution in [0.5, 0.6) is 0 Å². The van der Waals surface area contributed by atoms with E-state index in [1.54, 1.807) is 12.3 Å². The molecule has 2 heterocycles. The maximum Gasteiger partial charge on any atom is 0.261 e. The van der Waals surface area contributed by atoms with Crippen LogP contribution in [0.1, 0.15) is 29.7 Å². The second-order valence-corrected chi connectivity index (χ2v) is 4.79. The average molecular weight is 241 g/mol. The summed E-state index contributed by atoms with van der Waals surface area (Å²) in [6, 6.07) is 3.69. The van der Waals surface area contributed by atoms with Gasteiger partial charge >= 0.3 is 0 Å². The van der Waals surface area contributed by atoms with E-state index in [1.165, 1.54) is 18.4 Å². The molecule has 3 rings (SSSR count). The van der Waals surface area contributed by atoms with Crippen LogP contribution in [0.15, 0.2) is 24.5 Å². The van der Waals surface area contributed by atoms with Crippen LogP contribution >= 0.6 is 0 Å². The standard InChI is InChI=1S/C14H15N3O/c1-10-6-7-13(17(18)9-10)14-15-8-11-4-2-3-5-12(11)16-14/h6-9H,2-5H2,1H3. The van der Waals surface area contributed by atoms with Gasteiger partial charge in [0.1, 0.15) is 0 Å². The fraction of sp³-hybridized carbons (Fsp3) is 0.357. The molecule has 0 aromatic carbocycles. The predicted molar refractivity (Wildman–Crippen MR) is 67.8 cm³/mol. The van der Waals surface area contributed by atoms with Crippen LogP contribution in [0, 0.1) is 12.1 Å². The number of aryl methyl sites for hydroxylation is 3. The van der Waals surface area contributed by atoms with E-state index in [2.05, 4.69) is 9.97 Å². The smallest absolute Gasteiger partial charge is 0.261 e. The Balaban J connectivity index is 2.06. The summed E-state index contributed by atoms with van der Waals surface area (Å²) in [6.07, 6.45) is 7.86. The molecule has 0 N–H and O–H groups in total. The molecule has 0 saturated heterocycles. The molecule has 4 nitrogen and oxygen atoms in total. The Morgan fingerprint density at radius 1 is 1.22 bits per heavy atom. The highest BCUT2D eigenvalue weighted by Gasteiger charge is 2.16. The molecule has 1 aliphatic rings. The Labute approximate surface area is 106 Å². The van der Waals surface area contributed by atoms with Gasteiger partial charge in [-0.15, -0.1) is 0 Å². The summed E-state index contributed by atoms with van der Waals surface area (Å²) in [6.45, 7) is 1.89. The van der Waals surface area contributed by atoms with Gasteiger partial charge in [0, 0.05) is 23.5 Å². The van der Waals surface area contributed by atoms with Crippen LogP contribution in [-0.4, -0.2) is 9.97 Å². The van der Waals surface area contributed by atoms with Crippen molar-refractivity contribution in [3.05, 3.63) is 46.6 Å². The van der Waals surface area contributed by atoms with E-state index in [9.17, 15) is 5.21 Å². The summed E-state index contributed by atoms with van der Waals surface area (Å²) < 4.78 is 0.847. The van der Waals surface area contributed by atoms with Gasteiger partial charge in [0.25, 0.3) is 5.69 Å². The van der Waals surface area contributed by atoms with Gasteiger partial charge in [0.15, 0.2) is 6.20 Å². The van der Waals surface area contributed by atoms with Crippen molar-refractivity contribution < 1.29 is 4.73 Å². The summed E-state index contributed by atoms with van der Waals surface area (Å²) >= 11 is 0. The van der Waals surface area contributed by atoms with Crippen molar-refractivity contribution in [2.45, 2.75) is 32.6 Å². The highest BCUT2D eigenvalue weighted by molar-refractivity contribution is 5.46. The summed E-state index contributed by atoms with van der Waals surface area (Å²) in [7, 11) is 0. The lowest BCUT2D eigenvalue weighted by Crippen LogP contribution is -2.29. The normalized spacial score (nSPS) is 14.3. The van der Waals surface area contributed by atoms with Crippen molar-refractivity contribution in [3.63, 3.8) is 0 Å². The lowest BCUT2D eigenvalue weighted by Gasteiger charge is -2.14. The third-order valence-corrected chi connectivity index (χ3v) is 3.36. The molecule has 0 radical (unpaired) electrons. The van der Waals surface area contributed by atoms with Gasteiger partial charge in [0.05, 0.1) is 0 Å². The van der Waals surface area contributed by atoms with E-state index < -0.39 is 0 Å². The molecule has 0 amide bonds. The lowest BCUT2D eigenvalue weighted by atomic mass is 9.97. The molecule has 0 saturated carbocycles. The lowest BCUT2D eigenvalue weighted by molar-refractivity contribution is -0.594. The van der Waals surface area contributed by atoms with Gasteiger partial charge in [-0.1, -0.05) is 0 Å². The number of rotatable bonds is 1. The first-order valence-electron chi connectivity index (χ1n) is 6.29. The van der Waals surface area contributed by atoms with Crippen molar-refractivity contribution in [1.82, 2.24) is 9.97 Å². The minimum absolute atomic E-state index is 0.522. The van der Waals surface area contributed by atoms with Gasteiger partial charge < -0.3 is 5.21 Å². The van der Waals surface area contributed by atoms with Gasteiger partial charge in [-0.05, 0) is 44.2 Å². The fourth-order valence-corrected chi connectivity index (χ4v) is 2.35. The van der Waals surface area contributed by atoms with Crippen LogP contribution < -0.4 is 4.73 Å². The van der Waals surface area contributed by atoms with Crippen LogP contribution in [0.2, 0.25) is 0 Å². The zero-order valence-electron chi connectivity index (χ0n) is 10.4. The SMILES string of the molecule is Cc1ccc(-c2ncc3c(n2)CCCC3)[n+]([O-])c1. The van der Waals surface area contributed by atoms with E-state index >= 15 is 0 Å². The fourth-order valence-electron chi connectivity index (χ4n) is 2.35. The van der Waals surface area contributed by atoms with E-state index in [0.29, 0.717) is 11.5 Å². The van der Waals surface area contributed by atoms with Crippen LogP contribution in [0.25, 0.3) is 11.5 Å². The minimum atomic E-state index is 0.522. The number of aromatic nitrogens is 3. The molecule has 2 aromatic rings. The molecule has 0 spiro atoms. The Morgan fingerprint density at radius 2 is 2.06 bits per heavy atom. The molecule has 0 fully saturated rings. The van der Waals surface area contributed by atoms with Crippen molar-refractivity contribution in [1.29, 1.82) is 0 Å². The van der Waals surface area contributed by atoms with E-state index in [4.69, 9.17) is 0 Å². The average Bonchev–Trinajstić information content (AvgIpc) is 2.38. The first-order chi connectivity index (χ1) is 8.74. The zero-order valence-corrected chi connectivity index (χ0v) is 10.4. The third kappa shape index (κ3) is 1.94. The molecular weight excluding hydrogens is 226 g/mol. The Morgan fingerprint density at radius 3 is 2.89 bits per heavy atom. The molecule has 0 unspecified atom stereocenters. The summed E-state index contributed by atoms with van der Waals surface area (Å²) in [5.41, 5.74) is 3.79. The molecule has 92 valence electrons. The summed E-state index contributed by atoms with van der Waals surface area (Å²) in [4.78, 5) is 8.86. The number of hydrogen-bond donors (Lipinski definition) is 0. The molecule has 0 atom stereocenters. The van der Waals surface area contributed by atoms with E-state index in [1.807, 2.05) is 19.2 Å². The van der Waals surface area contributed by atoms with Gasteiger partial charge in [-0.2, -0.15) is 4.73 Å². The number of pyridine rings is 1. The van der Waals surface area contributed by atoms with Crippen LogP contribution in [0.3, 0.4) is 0 Å². The first kappa shape index (κ1) is 11.1. The Kier molecular flexibility index (Phi) is 2.70. The van der Waals surface area contributed by atoms with Crippen molar-refractivity contribution in [2.24, 2.45) is 0 Å². The maximum atomic E-state index is 11.8. The van der Waals surface area contributed by atoms with Gasteiger partial charge in [-0.3, -0.25) is 0 Å².